The molecular weight excluding hydrogens is 206 g/mol. The van der Waals surface area contributed by atoms with Gasteiger partial charge in [0.05, 0.1) is 0 Å². The van der Waals surface area contributed by atoms with Gasteiger partial charge in [0.2, 0.25) is 5.92 Å². The lowest BCUT2D eigenvalue weighted by Gasteiger charge is -2.34. The fraction of sp³-hybridized carbons (Fsp3) is 0.556. The van der Waals surface area contributed by atoms with Crippen molar-refractivity contribution < 1.29 is 8.78 Å². The van der Waals surface area contributed by atoms with E-state index in [9.17, 15) is 8.78 Å². The predicted octanol–water partition coefficient (Wildman–Crippen LogP) is 2.61. The Morgan fingerprint density at radius 2 is 2.00 bits per heavy atom. The minimum atomic E-state index is -2.41. The first-order chi connectivity index (χ1) is 6.66. The quantitative estimate of drug-likeness (QED) is 0.573. The molecule has 1 aromatic rings. The molecule has 0 aliphatic heterocycles. The summed E-state index contributed by atoms with van der Waals surface area (Å²) in [7, 11) is 0. The van der Waals surface area contributed by atoms with Crippen LogP contribution in [0.5, 0.6) is 0 Å². The lowest BCUT2D eigenvalue weighted by atomic mass is 9.83. The Labute approximate surface area is 85.1 Å². The summed E-state index contributed by atoms with van der Waals surface area (Å²) in [5, 5.41) is 0.669. The van der Waals surface area contributed by atoms with Crippen molar-refractivity contribution in [2.75, 3.05) is 5.75 Å². The zero-order valence-corrected chi connectivity index (χ0v) is 8.31. The van der Waals surface area contributed by atoms with E-state index in [-0.39, 0.29) is 18.8 Å². The molecule has 5 heteroatoms. The predicted molar refractivity (Wildman–Crippen MR) is 50.4 cm³/mol. The van der Waals surface area contributed by atoms with Crippen LogP contribution in [0.3, 0.4) is 0 Å². The second-order valence-electron chi connectivity index (χ2n) is 3.47. The van der Waals surface area contributed by atoms with Crippen LogP contribution in [0.25, 0.3) is 0 Å². The van der Waals surface area contributed by atoms with E-state index in [0.717, 1.165) is 0 Å². The van der Waals surface area contributed by atoms with Crippen molar-refractivity contribution in [2.24, 2.45) is 5.92 Å². The molecule has 1 heterocycles. The molecule has 1 saturated carbocycles. The van der Waals surface area contributed by atoms with Gasteiger partial charge in [0.15, 0.2) is 5.16 Å². The molecule has 2 nitrogen and oxygen atoms in total. The summed E-state index contributed by atoms with van der Waals surface area (Å²) >= 11 is 1.45. The lowest BCUT2D eigenvalue weighted by molar-refractivity contribution is -0.103. The molecule has 2 rings (SSSR count). The molecule has 1 aliphatic rings. The van der Waals surface area contributed by atoms with Gasteiger partial charge in [-0.2, -0.15) is 0 Å². The lowest BCUT2D eigenvalue weighted by Crippen LogP contribution is -2.36. The number of thioether (sulfide) groups is 1. The maximum atomic E-state index is 12.5. The molecule has 0 aromatic carbocycles. The van der Waals surface area contributed by atoms with Crippen molar-refractivity contribution >= 4 is 11.8 Å². The highest BCUT2D eigenvalue weighted by Crippen LogP contribution is 2.44. The molecule has 1 aromatic heterocycles. The maximum Gasteiger partial charge on any atom is 0.248 e. The number of aromatic nitrogens is 2. The molecule has 0 atom stereocenters. The first-order valence-electron chi connectivity index (χ1n) is 4.43. The third-order valence-corrected chi connectivity index (χ3v) is 3.27. The summed E-state index contributed by atoms with van der Waals surface area (Å²) in [5.74, 6) is -1.60. The third-order valence-electron chi connectivity index (χ3n) is 2.16. The smallest absolute Gasteiger partial charge is 0.231 e. The monoisotopic (exact) mass is 216 g/mol. The van der Waals surface area contributed by atoms with Gasteiger partial charge in [-0.3, -0.25) is 0 Å². The van der Waals surface area contributed by atoms with Crippen molar-refractivity contribution in [3.05, 3.63) is 18.5 Å². The van der Waals surface area contributed by atoms with Crippen LogP contribution in [0.15, 0.2) is 23.6 Å². The van der Waals surface area contributed by atoms with Crippen molar-refractivity contribution in [1.82, 2.24) is 9.97 Å². The Morgan fingerprint density at radius 1 is 1.36 bits per heavy atom. The molecule has 0 N–H and O–H groups in total. The highest BCUT2D eigenvalue weighted by Gasteiger charge is 2.44. The summed E-state index contributed by atoms with van der Waals surface area (Å²) in [6.07, 6.45) is 3.36. The van der Waals surface area contributed by atoms with Crippen LogP contribution in [0.4, 0.5) is 8.78 Å². The summed E-state index contributed by atoms with van der Waals surface area (Å²) in [6.45, 7) is 0. The standard InChI is InChI=1S/C9H10F2N2S/c10-9(11)4-7(5-9)6-14-8-12-2-1-3-13-8/h1-3,7H,4-6H2. The number of halogens is 2. The topological polar surface area (TPSA) is 25.8 Å². The molecule has 14 heavy (non-hydrogen) atoms. The number of hydrogen-bond acceptors (Lipinski definition) is 3. The molecular formula is C9H10F2N2S. The molecule has 1 fully saturated rings. The molecule has 0 unspecified atom stereocenters. The largest absolute Gasteiger partial charge is 0.248 e. The Kier molecular flexibility index (Phi) is 2.67. The average Bonchev–Trinajstić information content (AvgIpc) is 2.13. The highest BCUT2D eigenvalue weighted by atomic mass is 32.2. The van der Waals surface area contributed by atoms with E-state index in [1.807, 2.05) is 0 Å². The van der Waals surface area contributed by atoms with E-state index in [0.29, 0.717) is 10.9 Å². The van der Waals surface area contributed by atoms with E-state index < -0.39 is 5.92 Å². The van der Waals surface area contributed by atoms with E-state index >= 15 is 0 Å². The van der Waals surface area contributed by atoms with Crippen molar-refractivity contribution in [3.63, 3.8) is 0 Å². The van der Waals surface area contributed by atoms with Gasteiger partial charge >= 0.3 is 0 Å². The van der Waals surface area contributed by atoms with Crippen LogP contribution in [0, 0.1) is 5.92 Å². The first kappa shape index (κ1) is 9.83. The Balaban J connectivity index is 1.75. The van der Waals surface area contributed by atoms with E-state index in [4.69, 9.17) is 0 Å². The van der Waals surface area contributed by atoms with Gasteiger partial charge in [-0.15, -0.1) is 0 Å². The van der Waals surface area contributed by atoms with Crippen molar-refractivity contribution in [3.8, 4) is 0 Å². The van der Waals surface area contributed by atoms with Crippen LogP contribution in [0.1, 0.15) is 12.8 Å². The second kappa shape index (κ2) is 3.81. The van der Waals surface area contributed by atoms with Gasteiger partial charge in [-0.05, 0) is 12.0 Å². The van der Waals surface area contributed by atoms with Gasteiger partial charge < -0.3 is 0 Å². The van der Waals surface area contributed by atoms with Crippen LogP contribution in [-0.2, 0) is 0 Å². The fourth-order valence-corrected chi connectivity index (χ4v) is 2.35. The van der Waals surface area contributed by atoms with E-state index in [2.05, 4.69) is 9.97 Å². The normalized spacial score (nSPS) is 20.4. The SMILES string of the molecule is FC1(F)CC(CSc2ncccn2)C1. The summed E-state index contributed by atoms with van der Waals surface area (Å²) in [6, 6.07) is 1.74. The van der Waals surface area contributed by atoms with Crippen LogP contribution >= 0.6 is 11.8 Å². The number of hydrogen-bond donors (Lipinski definition) is 0. The maximum absolute atomic E-state index is 12.5. The van der Waals surface area contributed by atoms with Crippen LogP contribution in [0.2, 0.25) is 0 Å². The minimum Gasteiger partial charge on any atom is -0.231 e. The van der Waals surface area contributed by atoms with Gasteiger partial charge in [0, 0.05) is 31.0 Å². The minimum absolute atomic E-state index is 0.0207. The molecule has 0 bridgehead atoms. The first-order valence-corrected chi connectivity index (χ1v) is 5.42. The number of alkyl halides is 2. The van der Waals surface area contributed by atoms with E-state index in [1.54, 1.807) is 18.5 Å². The summed E-state index contributed by atoms with van der Waals surface area (Å²) in [4.78, 5) is 8.02. The average molecular weight is 216 g/mol. The molecule has 0 radical (unpaired) electrons. The Bertz CT molecular complexity index is 297. The van der Waals surface area contributed by atoms with Gasteiger partial charge in [0.1, 0.15) is 0 Å². The fourth-order valence-electron chi connectivity index (χ4n) is 1.46. The summed E-state index contributed by atoms with van der Waals surface area (Å²) in [5.41, 5.74) is 0. The zero-order valence-electron chi connectivity index (χ0n) is 7.49. The second-order valence-corrected chi connectivity index (χ2v) is 4.46. The zero-order chi connectivity index (χ0) is 10.0. The number of rotatable bonds is 3. The summed E-state index contributed by atoms with van der Waals surface area (Å²) < 4.78 is 24.9. The molecule has 0 saturated heterocycles. The van der Waals surface area contributed by atoms with Gasteiger partial charge in [0.25, 0.3) is 0 Å². The molecule has 0 amide bonds. The molecule has 1 aliphatic carbocycles. The molecule has 76 valence electrons. The van der Waals surface area contributed by atoms with Crippen LogP contribution in [-0.4, -0.2) is 21.6 Å². The van der Waals surface area contributed by atoms with Gasteiger partial charge in [-0.25, -0.2) is 18.7 Å². The molecule has 0 spiro atoms. The third kappa shape index (κ3) is 2.41. The van der Waals surface area contributed by atoms with Crippen molar-refractivity contribution in [1.29, 1.82) is 0 Å². The van der Waals surface area contributed by atoms with E-state index in [1.165, 1.54) is 11.8 Å². The highest BCUT2D eigenvalue weighted by molar-refractivity contribution is 7.99. The van der Waals surface area contributed by atoms with Crippen molar-refractivity contribution in [2.45, 2.75) is 23.9 Å². The number of nitrogens with zero attached hydrogens (tertiary/aromatic N) is 2. The Hall–Kier alpha value is -0.710. The van der Waals surface area contributed by atoms with Gasteiger partial charge in [-0.1, -0.05) is 11.8 Å². The van der Waals surface area contributed by atoms with Crippen LogP contribution < -0.4 is 0 Å². The Morgan fingerprint density at radius 3 is 2.57 bits per heavy atom.